The summed E-state index contributed by atoms with van der Waals surface area (Å²) in [7, 11) is 0. The molecule has 1 atom stereocenters. The molecule has 0 amide bonds. The molecule has 1 aliphatic carbocycles. The molecule has 27 heavy (non-hydrogen) atoms. The number of hydrogen-bond donors (Lipinski definition) is 0. The van der Waals surface area contributed by atoms with Crippen molar-refractivity contribution in [1.82, 2.24) is 5.16 Å². The number of esters is 1. The zero-order valence-corrected chi connectivity index (χ0v) is 16.9. The molecule has 0 bridgehead atoms. The number of hydrogen-bond acceptors (Lipinski definition) is 4. The van der Waals surface area contributed by atoms with Crippen LogP contribution in [0.25, 0.3) is 11.3 Å². The summed E-state index contributed by atoms with van der Waals surface area (Å²) in [5.41, 5.74) is -1.23. The molecule has 1 unspecified atom stereocenters. The molecule has 0 saturated heterocycles. The minimum absolute atomic E-state index is 0.0139. The van der Waals surface area contributed by atoms with Crippen molar-refractivity contribution in [2.75, 3.05) is 0 Å². The summed E-state index contributed by atoms with van der Waals surface area (Å²) >= 11 is 12.5. The van der Waals surface area contributed by atoms with E-state index >= 15 is 0 Å². The van der Waals surface area contributed by atoms with Crippen LogP contribution in [0.3, 0.4) is 0 Å². The number of alkyl halides is 1. The van der Waals surface area contributed by atoms with Crippen LogP contribution in [0, 0.1) is 0 Å². The Hall–Kier alpha value is -1.59. The minimum atomic E-state index is -1.68. The number of carbonyl (C=O) groups excluding carboxylic acids is 1. The molecule has 1 aliphatic rings. The zero-order chi connectivity index (χ0) is 19.6. The monoisotopic (exact) mass is 413 g/mol. The van der Waals surface area contributed by atoms with Crippen LogP contribution in [0.15, 0.2) is 22.7 Å². The van der Waals surface area contributed by atoms with E-state index in [-0.39, 0.29) is 36.0 Å². The summed E-state index contributed by atoms with van der Waals surface area (Å²) in [5.74, 6) is -0.743. The van der Waals surface area contributed by atoms with Crippen molar-refractivity contribution in [2.45, 2.75) is 64.1 Å². The van der Waals surface area contributed by atoms with Crippen LogP contribution in [-0.2, 0) is 10.4 Å². The minimum Gasteiger partial charge on any atom is -0.459 e. The van der Waals surface area contributed by atoms with Crippen molar-refractivity contribution in [2.24, 2.45) is 0 Å². The molecule has 2 aromatic rings. The lowest BCUT2D eigenvalue weighted by molar-refractivity contribution is 0.0262. The summed E-state index contributed by atoms with van der Waals surface area (Å²) in [6, 6.07) is 4.94. The van der Waals surface area contributed by atoms with Gasteiger partial charge >= 0.3 is 5.97 Å². The third kappa shape index (κ3) is 4.14. The van der Waals surface area contributed by atoms with Gasteiger partial charge in [-0.25, -0.2) is 9.18 Å². The lowest BCUT2D eigenvalue weighted by Crippen LogP contribution is -2.19. The smallest absolute Gasteiger partial charge is 0.344 e. The molecular weight excluding hydrogens is 392 g/mol. The molecule has 0 spiro atoms. The highest BCUT2D eigenvalue weighted by Crippen LogP contribution is 2.52. The summed E-state index contributed by atoms with van der Waals surface area (Å²) in [6.07, 6.45) is 3.69. The number of carbonyl (C=O) groups is 1. The second kappa shape index (κ2) is 8.19. The zero-order valence-electron chi connectivity index (χ0n) is 15.4. The van der Waals surface area contributed by atoms with Crippen molar-refractivity contribution in [3.05, 3.63) is 39.6 Å². The number of halogens is 3. The topological polar surface area (TPSA) is 52.3 Å². The third-order valence-corrected chi connectivity index (χ3v) is 5.43. The number of benzene rings is 1. The molecular formula is C20H22Cl2FNO3. The van der Waals surface area contributed by atoms with Gasteiger partial charge in [-0.2, -0.15) is 0 Å². The van der Waals surface area contributed by atoms with Crippen LogP contribution in [0.1, 0.15) is 68.5 Å². The Bertz CT molecular complexity index is 812. The lowest BCUT2D eigenvalue weighted by Gasteiger charge is -2.16. The normalized spacial score (nSPS) is 16.2. The second-order valence-corrected chi connectivity index (χ2v) is 7.69. The molecule has 3 rings (SSSR count). The number of nitrogens with zero attached hydrogens (tertiary/aromatic N) is 1. The molecule has 1 aromatic heterocycles. The van der Waals surface area contributed by atoms with E-state index < -0.39 is 11.6 Å². The maximum atomic E-state index is 14.8. The van der Waals surface area contributed by atoms with E-state index in [4.69, 9.17) is 32.5 Å². The van der Waals surface area contributed by atoms with Crippen molar-refractivity contribution in [3.63, 3.8) is 0 Å². The van der Waals surface area contributed by atoms with Crippen LogP contribution in [0.2, 0.25) is 10.0 Å². The Balaban J connectivity index is 2.02. The molecule has 1 saturated carbocycles. The van der Waals surface area contributed by atoms with Gasteiger partial charge in [-0.3, -0.25) is 0 Å². The first kappa shape index (κ1) is 20.2. The van der Waals surface area contributed by atoms with E-state index in [1.807, 2.05) is 6.92 Å². The van der Waals surface area contributed by atoms with E-state index in [1.165, 1.54) is 0 Å². The van der Waals surface area contributed by atoms with E-state index in [9.17, 15) is 9.18 Å². The predicted octanol–water partition coefficient (Wildman–Crippen LogP) is 6.73. The maximum Gasteiger partial charge on any atom is 0.344 e. The van der Waals surface area contributed by atoms with Crippen LogP contribution in [-0.4, -0.2) is 17.2 Å². The average molecular weight is 414 g/mol. The SMILES string of the molecule is CCCCC(CC)OC(=O)c1c(-c2c(Cl)cccc2Cl)noc1C1(F)CC1. The van der Waals surface area contributed by atoms with Gasteiger partial charge in [0.1, 0.15) is 17.4 Å². The van der Waals surface area contributed by atoms with Crippen molar-refractivity contribution in [3.8, 4) is 11.3 Å². The quantitative estimate of drug-likeness (QED) is 0.449. The first-order chi connectivity index (χ1) is 12.9. The maximum absolute atomic E-state index is 14.8. The highest BCUT2D eigenvalue weighted by Gasteiger charge is 2.52. The molecule has 0 N–H and O–H groups in total. The van der Waals surface area contributed by atoms with Gasteiger partial charge in [0.25, 0.3) is 0 Å². The van der Waals surface area contributed by atoms with Crippen molar-refractivity contribution in [1.29, 1.82) is 0 Å². The lowest BCUT2D eigenvalue weighted by atomic mass is 10.0. The van der Waals surface area contributed by atoms with E-state index in [0.29, 0.717) is 22.0 Å². The molecule has 0 aliphatic heterocycles. The Morgan fingerprint density at radius 1 is 1.33 bits per heavy atom. The summed E-state index contributed by atoms with van der Waals surface area (Å²) in [6.45, 7) is 4.02. The van der Waals surface area contributed by atoms with E-state index in [2.05, 4.69) is 12.1 Å². The highest BCUT2D eigenvalue weighted by molar-refractivity contribution is 6.39. The predicted molar refractivity (Wildman–Crippen MR) is 103 cm³/mol. The average Bonchev–Trinajstić information content (AvgIpc) is 3.23. The van der Waals surface area contributed by atoms with Gasteiger partial charge in [0, 0.05) is 5.56 Å². The molecule has 0 radical (unpaired) electrons. The number of unbranched alkanes of at least 4 members (excludes halogenated alkanes) is 1. The third-order valence-electron chi connectivity index (χ3n) is 4.80. The molecule has 146 valence electrons. The highest BCUT2D eigenvalue weighted by atomic mass is 35.5. The Labute approximate surface area is 168 Å². The first-order valence-electron chi connectivity index (χ1n) is 9.25. The fourth-order valence-electron chi connectivity index (χ4n) is 3.01. The number of aromatic nitrogens is 1. The van der Waals surface area contributed by atoms with E-state index in [1.54, 1.807) is 18.2 Å². The fourth-order valence-corrected chi connectivity index (χ4v) is 3.58. The summed E-state index contributed by atoms with van der Waals surface area (Å²) in [5, 5.41) is 4.55. The van der Waals surface area contributed by atoms with Gasteiger partial charge in [-0.15, -0.1) is 0 Å². The Morgan fingerprint density at radius 3 is 2.56 bits per heavy atom. The largest absolute Gasteiger partial charge is 0.459 e. The number of ether oxygens (including phenoxy) is 1. The second-order valence-electron chi connectivity index (χ2n) is 6.88. The fraction of sp³-hybridized carbons (Fsp3) is 0.500. The van der Waals surface area contributed by atoms with Crippen LogP contribution < -0.4 is 0 Å². The molecule has 1 fully saturated rings. The van der Waals surface area contributed by atoms with Crippen LogP contribution in [0.5, 0.6) is 0 Å². The summed E-state index contributed by atoms with van der Waals surface area (Å²) in [4.78, 5) is 13.0. The van der Waals surface area contributed by atoms with Crippen LogP contribution in [0.4, 0.5) is 4.39 Å². The summed E-state index contributed by atoms with van der Waals surface area (Å²) < 4.78 is 25.7. The van der Waals surface area contributed by atoms with Crippen molar-refractivity contribution < 1.29 is 18.4 Å². The van der Waals surface area contributed by atoms with Crippen LogP contribution >= 0.6 is 23.2 Å². The standard InChI is InChI=1S/C20H22Cl2FNO3/c1-3-5-7-12(4-2)26-19(25)16-17(15-13(21)8-6-9-14(15)22)24-27-18(16)20(23)10-11-20/h6,8-9,12H,3-5,7,10-11H2,1-2H3. The first-order valence-corrected chi connectivity index (χ1v) is 10.0. The van der Waals surface area contributed by atoms with Gasteiger partial charge in [0.05, 0.1) is 10.0 Å². The Morgan fingerprint density at radius 2 is 2.00 bits per heavy atom. The number of rotatable bonds is 8. The van der Waals surface area contributed by atoms with E-state index in [0.717, 1.165) is 19.3 Å². The van der Waals surface area contributed by atoms with Gasteiger partial charge in [-0.1, -0.05) is 61.1 Å². The van der Waals surface area contributed by atoms with Gasteiger partial charge in [0.2, 0.25) is 0 Å². The van der Waals surface area contributed by atoms with Gasteiger partial charge in [-0.05, 0) is 37.8 Å². The van der Waals surface area contributed by atoms with Gasteiger partial charge < -0.3 is 9.26 Å². The van der Waals surface area contributed by atoms with Gasteiger partial charge in [0.15, 0.2) is 11.4 Å². The van der Waals surface area contributed by atoms with Crippen molar-refractivity contribution >= 4 is 29.2 Å². The molecule has 1 aromatic carbocycles. The molecule has 7 heteroatoms. The molecule has 1 heterocycles. The molecule has 4 nitrogen and oxygen atoms in total. The Kier molecular flexibility index (Phi) is 6.11.